The summed E-state index contributed by atoms with van der Waals surface area (Å²) in [5, 5.41) is 5.44. The van der Waals surface area contributed by atoms with Crippen LogP contribution in [0.2, 0.25) is 0 Å². The first-order valence-corrected chi connectivity index (χ1v) is 7.73. The van der Waals surface area contributed by atoms with E-state index in [4.69, 9.17) is 9.47 Å². The van der Waals surface area contributed by atoms with Gasteiger partial charge in [0.15, 0.2) is 13.2 Å². The highest BCUT2D eigenvalue weighted by atomic mass is 16.5. The molecular formula is C18H18N2O4. The lowest BCUT2D eigenvalue weighted by Gasteiger charge is -2.18. The van der Waals surface area contributed by atoms with Gasteiger partial charge in [0.2, 0.25) is 0 Å². The smallest absolute Gasteiger partial charge is 0.262 e. The predicted octanol–water partition coefficient (Wildman–Crippen LogP) is 2.60. The Morgan fingerprint density at radius 2 is 2.12 bits per heavy atom. The van der Waals surface area contributed by atoms with Crippen LogP contribution in [0.1, 0.15) is 12.5 Å². The summed E-state index contributed by atoms with van der Waals surface area (Å²) in [5.41, 5.74) is 2.16. The molecule has 1 heterocycles. The summed E-state index contributed by atoms with van der Waals surface area (Å²) in [6.07, 6.45) is 0.836. The molecule has 0 radical (unpaired) electrons. The van der Waals surface area contributed by atoms with Gasteiger partial charge in [-0.15, -0.1) is 0 Å². The number of anilines is 2. The standard InChI is InChI=1S/C18H18N2O4/c1-2-12-5-3-4-6-15(12)23-10-17(21)19-13-7-8-16-14(9-13)20-18(22)11-24-16/h3-9H,2,10-11H2,1H3,(H,19,21)(H,20,22). The quantitative estimate of drug-likeness (QED) is 0.885. The van der Waals surface area contributed by atoms with Crippen molar-refractivity contribution in [2.24, 2.45) is 0 Å². The number of carbonyl (C=O) groups excluding carboxylic acids is 2. The number of ether oxygens (including phenoxy) is 2. The summed E-state index contributed by atoms with van der Waals surface area (Å²) in [6.45, 7) is 1.95. The van der Waals surface area contributed by atoms with Crippen LogP contribution in [-0.4, -0.2) is 25.0 Å². The van der Waals surface area contributed by atoms with Gasteiger partial charge in [-0.2, -0.15) is 0 Å². The summed E-state index contributed by atoms with van der Waals surface area (Å²) < 4.78 is 10.9. The molecule has 24 heavy (non-hydrogen) atoms. The van der Waals surface area contributed by atoms with E-state index in [1.165, 1.54) is 0 Å². The third-order valence-electron chi connectivity index (χ3n) is 3.61. The van der Waals surface area contributed by atoms with Crippen molar-refractivity contribution in [2.45, 2.75) is 13.3 Å². The first kappa shape index (κ1) is 15.9. The second kappa shape index (κ2) is 7.04. The van der Waals surface area contributed by atoms with E-state index < -0.39 is 0 Å². The van der Waals surface area contributed by atoms with E-state index in [1.54, 1.807) is 18.2 Å². The molecule has 124 valence electrons. The first-order valence-electron chi connectivity index (χ1n) is 7.73. The fourth-order valence-corrected chi connectivity index (χ4v) is 2.44. The van der Waals surface area contributed by atoms with E-state index in [2.05, 4.69) is 10.6 Å². The van der Waals surface area contributed by atoms with Crippen LogP contribution < -0.4 is 20.1 Å². The number of amides is 2. The van der Waals surface area contributed by atoms with Crippen molar-refractivity contribution in [1.82, 2.24) is 0 Å². The van der Waals surface area contributed by atoms with Crippen molar-refractivity contribution < 1.29 is 19.1 Å². The molecule has 2 aromatic carbocycles. The summed E-state index contributed by atoms with van der Waals surface area (Å²) >= 11 is 0. The molecule has 2 amide bonds. The Morgan fingerprint density at radius 1 is 1.29 bits per heavy atom. The minimum absolute atomic E-state index is 0.00336. The van der Waals surface area contributed by atoms with E-state index in [-0.39, 0.29) is 25.0 Å². The Morgan fingerprint density at radius 3 is 2.96 bits per heavy atom. The monoisotopic (exact) mass is 326 g/mol. The van der Waals surface area contributed by atoms with Gasteiger partial charge in [0.1, 0.15) is 11.5 Å². The Balaban J connectivity index is 1.61. The predicted molar refractivity (Wildman–Crippen MR) is 90.5 cm³/mol. The van der Waals surface area contributed by atoms with Gasteiger partial charge in [-0.25, -0.2) is 0 Å². The van der Waals surface area contributed by atoms with Crippen LogP contribution in [0.25, 0.3) is 0 Å². The van der Waals surface area contributed by atoms with Gasteiger partial charge in [-0.1, -0.05) is 25.1 Å². The average molecular weight is 326 g/mol. The normalized spacial score (nSPS) is 12.6. The zero-order chi connectivity index (χ0) is 16.9. The molecule has 0 fully saturated rings. The average Bonchev–Trinajstić information content (AvgIpc) is 2.60. The molecule has 0 bridgehead atoms. The summed E-state index contributed by atoms with van der Waals surface area (Å²) in [7, 11) is 0. The van der Waals surface area contributed by atoms with Crippen molar-refractivity contribution in [3.8, 4) is 11.5 Å². The van der Waals surface area contributed by atoms with E-state index in [0.717, 1.165) is 12.0 Å². The molecule has 0 saturated heterocycles. The number of hydrogen-bond donors (Lipinski definition) is 2. The number of benzene rings is 2. The molecule has 0 spiro atoms. The Bertz CT molecular complexity index is 773. The summed E-state index contributed by atoms with van der Waals surface area (Å²) in [6, 6.07) is 12.7. The van der Waals surface area contributed by atoms with Gasteiger partial charge in [0.25, 0.3) is 11.8 Å². The lowest BCUT2D eigenvalue weighted by Crippen LogP contribution is -2.25. The molecule has 1 aliphatic rings. The third kappa shape index (κ3) is 3.65. The molecule has 0 unspecified atom stereocenters. The second-order valence-electron chi connectivity index (χ2n) is 5.35. The molecule has 0 atom stereocenters. The summed E-state index contributed by atoms with van der Waals surface area (Å²) in [4.78, 5) is 23.4. The molecular weight excluding hydrogens is 308 g/mol. The number of carbonyl (C=O) groups is 2. The van der Waals surface area contributed by atoms with Crippen molar-refractivity contribution >= 4 is 23.2 Å². The molecule has 6 nitrogen and oxygen atoms in total. The molecule has 0 saturated carbocycles. The molecule has 0 aromatic heterocycles. The van der Waals surface area contributed by atoms with Crippen LogP contribution in [0, 0.1) is 0 Å². The van der Waals surface area contributed by atoms with Gasteiger partial charge >= 0.3 is 0 Å². The van der Waals surface area contributed by atoms with Gasteiger partial charge in [0.05, 0.1) is 5.69 Å². The van der Waals surface area contributed by atoms with Crippen LogP contribution in [0.15, 0.2) is 42.5 Å². The van der Waals surface area contributed by atoms with Crippen LogP contribution in [0.4, 0.5) is 11.4 Å². The van der Waals surface area contributed by atoms with Gasteiger partial charge in [-0.3, -0.25) is 9.59 Å². The lowest BCUT2D eigenvalue weighted by molar-refractivity contribution is -0.119. The van der Waals surface area contributed by atoms with Crippen LogP contribution in [0.3, 0.4) is 0 Å². The SMILES string of the molecule is CCc1ccccc1OCC(=O)Nc1ccc2c(c1)NC(=O)CO2. The van der Waals surface area contributed by atoms with Crippen molar-refractivity contribution in [2.75, 3.05) is 23.8 Å². The van der Waals surface area contributed by atoms with Gasteiger partial charge in [0, 0.05) is 5.69 Å². The van der Waals surface area contributed by atoms with E-state index in [9.17, 15) is 9.59 Å². The van der Waals surface area contributed by atoms with Crippen molar-refractivity contribution in [3.63, 3.8) is 0 Å². The summed E-state index contributed by atoms with van der Waals surface area (Å²) in [5.74, 6) is 0.802. The molecule has 6 heteroatoms. The van der Waals surface area contributed by atoms with Crippen LogP contribution in [0.5, 0.6) is 11.5 Å². The highest BCUT2D eigenvalue weighted by Crippen LogP contribution is 2.30. The highest BCUT2D eigenvalue weighted by Gasteiger charge is 2.16. The zero-order valence-electron chi connectivity index (χ0n) is 13.3. The molecule has 3 rings (SSSR count). The Kier molecular flexibility index (Phi) is 4.65. The maximum Gasteiger partial charge on any atom is 0.262 e. The number of aryl methyl sites for hydroxylation is 1. The highest BCUT2D eigenvalue weighted by molar-refractivity contribution is 5.97. The minimum atomic E-state index is -0.274. The fourth-order valence-electron chi connectivity index (χ4n) is 2.44. The fraction of sp³-hybridized carbons (Fsp3) is 0.222. The number of para-hydroxylation sites is 1. The number of hydrogen-bond acceptors (Lipinski definition) is 4. The van der Waals surface area contributed by atoms with Gasteiger partial charge < -0.3 is 20.1 Å². The second-order valence-corrected chi connectivity index (χ2v) is 5.35. The first-order chi connectivity index (χ1) is 11.7. The molecule has 2 aromatic rings. The maximum atomic E-state index is 12.1. The molecule has 1 aliphatic heterocycles. The number of nitrogens with one attached hydrogen (secondary N) is 2. The van der Waals surface area contributed by atoms with E-state index in [1.807, 2.05) is 31.2 Å². The minimum Gasteiger partial charge on any atom is -0.483 e. The maximum absolute atomic E-state index is 12.1. The van der Waals surface area contributed by atoms with Crippen molar-refractivity contribution in [3.05, 3.63) is 48.0 Å². The van der Waals surface area contributed by atoms with Crippen LogP contribution >= 0.6 is 0 Å². The topological polar surface area (TPSA) is 76.7 Å². The van der Waals surface area contributed by atoms with Gasteiger partial charge in [-0.05, 0) is 36.2 Å². The van der Waals surface area contributed by atoms with E-state index >= 15 is 0 Å². The third-order valence-corrected chi connectivity index (χ3v) is 3.61. The zero-order valence-corrected chi connectivity index (χ0v) is 13.3. The molecule has 2 N–H and O–H groups in total. The number of fused-ring (bicyclic) bond motifs is 1. The lowest BCUT2D eigenvalue weighted by atomic mass is 10.1. The Labute approximate surface area is 139 Å². The molecule has 0 aliphatic carbocycles. The van der Waals surface area contributed by atoms with E-state index in [0.29, 0.717) is 22.9 Å². The largest absolute Gasteiger partial charge is 0.483 e. The van der Waals surface area contributed by atoms with Crippen LogP contribution in [-0.2, 0) is 16.0 Å². The van der Waals surface area contributed by atoms with Crippen molar-refractivity contribution in [1.29, 1.82) is 0 Å². The number of rotatable bonds is 5. The Hall–Kier alpha value is -3.02.